The van der Waals surface area contributed by atoms with E-state index in [4.69, 9.17) is 15.0 Å². The van der Waals surface area contributed by atoms with Crippen molar-refractivity contribution in [3.05, 3.63) is 248 Å². The summed E-state index contributed by atoms with van der Waals surface area (Å²) in [6.45, 7) is 4.70. The Morgan fingerprint density at radius 3 is 1.62 bits per heavy atom. The van der Waals surface area contributed by atoms with Crippen molar-refractivity contribution in [1.82, 2.24) is 19.5 Å². The Kier molecular flexibility index (Phi) is 9.44. The number of rotatable bonds is 7. The lowest BCUT2D eigenvalue weighted by atomic mass is 9.73. The lowest BCUT2D eigenvalue weighted by Crippen LogP contribution is -2.30. The van der Waals surface area contributed by atoms with Gasteiger partial charge >= 0.3 is 0 Å². The predicted molar refractivity (Wildman–Crippen MR) is 286 cm³/mol. The van der Waals surface area contributed by atoms with E-state index in [0.29, 0.717) is 17.5 Å². The Balaban J connectivity index is 0.960. The van der Waals surface area contributed by atoms with Gasteiger partial charge in [0.15, 0.2) is 17.5 Å². The fourth-order valence-electron chi connectivity index (χ4n) is 10.6. The summed E-state index contributed by atoms with van der Waals surface area (Å²) in [5, 5.41) is 4.85. The second-order valence-corrected chi connectivity index (χ2v) is 18.5. The minimum Gasteiger partial charge on any atom is -0.310 e. The Hall–Kier alpha value is -8.93. The van der Waals surface area contributed by atoms with E-state index in [1.54, 1.807) is 0 Å². The van der Waals surface area contributed by atoms with Gasteiger partial charge in [-0.15, -0.1) is 0 Å². The van der Waals surface area contributed by atoms with Crippen LogP contribution in [0.1, 0.15) is 25.0 Å². The lowest BCUT2D eigenvalue weighted by Gasteiger charge is -2.42. The van der Waals surface area contributed by atoms with Crippen molar-refractivity contribution in [3.63, 3.8) is 0 Å². The molecular formula is C64H45N5. The van der Waals surface area contributed by atoms with Crippen LogP contribution in [-0.4, -0.2) is 19.5 Å². The third kappa shape index (κ3) is 6.81. The van der Waals surface area contributed by atoms with E-state index in [9.17, 15) is 0 Å². The summed E-state index contributed by atoms with van der Waals surface area (Å²) in [5.41, 5.74) is 16.7. The van der Waals surface area contributed by atoms with E-state index in [1.807, 2.05) is 24.3 Å². The second-order valence-electron chi connectivity index (χ2n) is 18.5. The van der Waals surface area contributed by atoms with Crippen molar-refractivity contribution >= 4 is 49.6 Å². The van der Waals surface area contributed by atoms with Crippen molar-refractivity contribution in [3.8, 4) is 62.1 Å². The maximum atomic E-state index is 5.18. The van der Waals surface area contributed by atoms with Gasteiger partial charge in [-0.1, -0.05) is 196 Å². The van der Waals surface area contributed by atoms with Crippen LogP contribution in [0.2, 0.25) is 0 Å². The van der Waals surface area contributed by atoms with Crippen LogP contribution >= 0.6 is 0 Å². The fourth-order valence-corrected chi connectivity index (χ4v) is 10.6. The molecule has 0 saturated heterocycles. The zero-order chi connectivity index (χ0) is 46.1. The molecule has 0 N–H and O–H groups in total. The first-order valence-corrected chi connectivity index (χ1v) is 23.6. The fraction of sp³-hybridized carbons (Fsp3) is 0.0469. The van der Waals surface area contributed by atoms with E-state index >= 15 is 0 Å². The topological polar surface area (TPSA) is 46.8 Å². The highest BCUT2D eigenvalue weighted by atomic mass is 15.2. The predicted octanol–water partition coefficient (Wildman–Crippen LogP) is 16.6. The molecule has 0 aliphatic carbocycles. The molecule has 1 aliphatic heterocycles. The summed E-state index contributed by atoms with van der Waals surface area (Å²) in [7, 11) is 0. The van der Waals surface area contributed by atoms with Gasteiger partial charge in [-0.3, -0.25) is 0 Å². The molecule has 5 nitrogen and oxygen atoms in total. The van der Waals surface area contributed by atoms with Gasteiger partial charge in [-0.2, -0.15) is 0 Å². The monoisotopic (exact) mass is 883 g/mol. The highest BCUT2D eigenvalue weighted by molar-refractivity contribution is 6.22. The molecule has 0 fully saturated rings. The van der Waals surface area contributed by atoms with Crippen molar-refractivity contribution < 1.29 is 0 Å². The average molecular weight is 884 g/mol. The third-order valence-corrected chi connectivity index (χ3v) is 14.0. The van der Waals surface area contributed by atoms with Crippen LogP contribution < -0.4 is 4.90 Å². The van der Waals surface area contributed by atoms with Gasteiger partial charge in [-0.25, -0.2) is 15.0 Å². The number of benzene rings is 10. The van der Waals surface area contributed by atoms with Crippen LogP contribution in [0.25, 0.3) is 94.7 Å². The van der Waals surface area contributed by atoms with Crippen molar-refractivity contribution in [1.29, 1.82) is 0 Å². The first-order chi connectivity index (χ1) is 34.0. The van der Waals surface area contributed by atoms with Gasteiger partial charge in [0.05, 0.1) is 22.4 Å². The molecule has 69 heavy (non-hydrogen) atoms. The Labute approximate surface area is 401 Å². The second kappa shape index (κ2) is 16.1. The summed E-state index contributed by atoms with van der Waals surface area (Å²) >= 11 is 0. The molecule has 3 heterocycles. The molecular weight excluding hydrogens is 839 g/mol. The quantitative estimate of drug-likeness (QED) is 0.160. The van der Waals surface area contributed by atoms with E-state index < -0.39 is 0 Å². The van der Waals surface area contributed by atoms with Crippen LogP contribution in [0, 0.1) is 0 Å². The van der Waals surface area contributed by atoms with E-state index in [0.717, 1.165) is 44.7 Å². The number of fused-ring (bicyclic) bond motifs is 7. The molecule has 0 unspecified atom stereocenters. The molecule has 0 spiro atoms. The summed E-state index contributed by atoms with van der Waals surface area (Å²) in [6, 6.07) is 84.6. The molecule has 10 aromatic carbocycles. The summed E-state index contributed by atoms with van der Waals surface area (Å²) < 4.78 is 2.40. The van der Waals surface area contributed by atoms with Crippen LogP contribution in [0.3, 0.4) is 0 Å². The van der Waals surface area contributed by atoms with Gasteiger partial charge in [0, 0.05) is 44.3 Å². The molecule has 0 radical (unpaired) electrons. The van der Waals surface area contributed by atoms with Gasteiger partial charge in [0.2, 0.25) is 0 Å². The molecule has 12 aromatic rings. The first-order valence-electron chi connectivity index (χ1n) is 23.6. The summed E-state index contributed by atoms with van der Waals surface area (Å²) in [6.07, 6.45) is 0. The summed E-state index contributed by atoms with van der Waals surface area (Å²) in [5.74, 6) is 1.87. The third-order valence-electron chi connectivity index (χ3n) is 14.0. The molecule has 0 saturated carbocycles. The molecule has 0 atom stereocenters. The molecule has 0 amide bonds. The zero-order valence-corrected chi connectivity index (χ0v) is 38.3. The summed E-state index contributed by atoms with van der Waals surface area (Å²) in [4.78, 5) is 17.8. The standard InChI is InChI=1S/C64H45N5/c1-64(2)54-27-14-15-28-57(54)68(50-23-10-5-11-24-50)59-41-48(33-36-55(59)64)47-35-37-56-53(40-47)60-52-26-13-12-19-44(52)34-38-58(60)69(56)51-25-16-22-49(39-51)63-66-61(45-20-8-4-9-21-45)65-62(67-63)46-31-29-43(30-32-46)42-17-6-3-7-18-42/h3-41H,1-2H3. The minimum atomic E-state index is -0.180. The van der Waals surface area contributed by atoms with Crippen molar-refractivity contribution in [2.24, 2.45) is 0 Å². The van der Waals surface area contributed by atoms with E-state index in [1.165, 1.54) is 60.7 Å². The minimum absolute atomic E-state index is 0.180. The smallest absolute Gasteiger partial charge is 0.164 e. The molecule has 13 rings (SSSR count). The molecule has 5 heteroatoms. The van der Waals surface area contributed by atoms with Crippen LogP contribution in [0.4, 0.5) is 17.1 Å². The van der Waals surface area contributed by atoms with Crippen molar-refractivity contribution in [2.75, 3.05) is 4.90 Å². The number of nitrogens with zero attached hydrogens (tertiary/aromatic N) is 5. The Morgan fingerprint density at radius 1 is 0.333 bits per heavy atom. The van der Waals surface area contributed by atoms with E-state index in [-0.39, 0.29) is 5.41 Å². The number of aromatic nitrogens is 4. The maximum absolute atomic E-state index is 5.18. The zero-order valence-electron chi connectivity index (χ0n) is 38.3. The molecule has 1 aliphatic rings. The van der Waals surface area contributed by atoms with Crippen LogP contribution in [-0.2, 0) is 5.41 Å². The first kappa shape index (κ1) is 40.4. The molecule has 326 valence electrons. The number of hydrogen-bond acceptors (Lipinski definition) is 4. The van der Waals surface area contributed by atoms with Gasteiger partial charge in [0.1, 0.15) is 0 Å². The normalized spacial score (nSPS) is 12.9. The van der Waals surface area contributed by atoms with Crippen LogP contribution in [0.15, 0.2) is 237 Å². The highest BCUT2D eigenvalue weighted by Gasteiger charge is 2.37. The SMILES string of the molecule is CC1(C)c2ccccc2N(c2ccccc2)c2cc(-c3ccc4c(c3)c3c5ccccc5ccc3n4-c3cccc(-c4nc(-c5ccccc5)nc(-c5ccc(-c6ccccc6)cc5)n4)c3)ccc21. The largest absolute Gasteiger partial charge is 0.310 e. The number of anilines is 3. The number of para-hydroxylation sites is 2. The Bertz CT molecular complexity index is 3910. The van der Waals surface area contributed by atoms with Gasteiger partial charge < -0.3 is 9.47 Å². The molecule has 2 aromatic heterocycles. The van der Waals surface area contributed by atoms with Crippen molar-refractivity contribution in [2.45, 2.75) is 19.3 Å². The Morgan fingerprint density at radius 2 is 0.855 bits per heavy atom. The number of hydrogen-bond donors (Lipinski definition) is 0. The van der Waals surface area contributed by atoms with Gasteiger partial charge in [-0.05, 0) is 98.8 Å². The van der Waals surface area contributed by atoms with E-state index in [2.05, 4.69) is 236 Å². The van der Waals surface area contributed by atoms with Gasteiger partial charge in [0.25, 0.3) is 0 Å². The highest BCUT2D eigenvalue weighted by Crippen LogP contribution is 2.53. The maximum Gasteiger partial charge on any atom is 0.164 e. The molecule has 0 bridgehead atoms. The van der Waals surface area contributed by atoms with Crippen LogP contribution in [0.5, 0.6) is 0 Å². The lowest BCUT2D eigenvalue weighted by molar-refractivity contribution is 0.632. The average Bonchev–Trinajstić information content (AvgIpc) is 3.76.